The summed E-state index contributed by atoms with van der Waals surface area (Å²) in [5.41, 5.74) is 0.0112. The van der Waals surface area contributed by atoms with E-state index in [0.29, 0.717) is 0 Å². The molecule has 0 unspecified atom stereocenters. The van der Waals surface area contributed by atoms with E-state index in [1.807, 2.05) is 0 Å². The van der Waals surface area contributed by atoms with Crippen LogP contribution in [0.1, 0.15) is 5.56 Å². The standard InChI is InChI=1S/C12H8F4O4/c1-4-2-5(17)3-6-7(4)11(20-12(16,18)19)10(15)9(14)8(6)13/h2-3,17-19H,1H3. The molecule has 108 valence electrons. The lowest BCUT2D eigenvalue weighted by molar-refractivity contribution is -0.375. The third-order valence-corrected chi connectivity index (χ3v) is 2.60. The highest BCUT2D eigenvalue weighted by Crippen LogP contribution is 2.38. The Morgan fingerprint density at radius 3 is 2.20 bits per heavy atom. The molecule has 0 radical (unpaired) electrons. The summed E-state index contributed by atoms with van der Waals surface area (Å²) in [6.07, 6.45) is -4.28. The van der Waals surface area contributed by atoms with E-state index < -0.39 is 46.0 Å². The van der Waals surface area contributed by atoms with Crippen molar-refractivity contribution < 1.29 is 37.6 Å². The fraction of sp³-hybridized carbons (Fsp3) is 0.167. The molecule has 0 bridgehead atoms. The Labute approximate surface area is 109 Å². The molecular formula is C12H8F4O4. The third kappa shape index (κ3) is 2.35. The summed E-state index contributed by atoms with van der Waals surface area (Å²) >= 11 is 0. The van der Waals surface area contributed by atoms with Gasteiger partial charge in [0.05, 0.1) is 0 Å². The first kappa shape index (κ1) is 14.4. The van der Waals surface area contributed by atoms with Gasteiger partial charge in [0.2, 0.25) is 5.82 Å². The molecule has 0 aliphatic rings. The van der Waals surface area contributed by atoms with Crippen LogP contribution in [0, 0.1) is 24.4 Å². The summed E-state index contributed by atoms with van der Waals surface area (Å²) in [7, 11) is 0. The van der Waals surface area contributed by atoms with Gasteiger partial charge in [-0.05, 0) is 24.6 Å². The van der Waals surface area contributed by atoms with Gasteiger partial charge in [0.15, 0.2) is 17.4 Å². The van der Waals surface area contributed by atoms with Crippen LogP contribution in [0.5, 0.6) is 11.5 Å². The molecule has 20 heavy (non-hydrogen) atoms. The van der Waals surface area contributed by atoms with Gasteiger partial charge in [-0.2, -0.15) is 4.39 Å². The Morgan fingerprint density at radius 2 is 1.65 bits per heavy atom. The zero-order valence-electron chi connectivity index (χ0n) is 9.92. The number of ether oxygens (including phenoxy) is 1. The SMILES string of the molecule is Cc1cc(O)cc2c(F)c(F)c(F)c(OC(O)(O)F)c12. The van der Waals surface area contributed by atoms with Crippen molar-refractivity contribution in [2.45, 2.75) is 13.2 Å². The van der Waals surface area contributed by atoms with Crippen LogP contribution in [0.3, 0.4) is 0 Å². The van der Waals surface area contributed by atoms with Crippen molar-refractivity contribution in [3.05, 3.63) is 35.1 Å². The van der Waals surface area contributed by atoms with Crippen LogP contribution in [-0.2, 0) is 0 Å². The summed E-state index contributed by atoms with van der Waals surface area (Å²) in [6, 6.07) is 1.82. The maximum atomic E-state index is 13.6. The molecule has 4 nitrogen and oxygen atoms in total. The minimum Gasteiger partial charge on any atom is -0.508 e. The minimum atomic E-state index is -4.28. The molecule has 2 aromatic carbocycles. The number of aliphatic hydroxyl groups is 2. The summed E-state index contributed by atoms with van der Waals surface area (Å²) in [4.78, 5) is 0. The number of rotatable bonds is 2. The van der Waals surface area contributed by atoms with Gasteiger partial charge in [-0.3, -0.25) is 0 Å². The second kappa shape index (κ2) is 4.50. The molecule has 0 spiro atoms. The molecule has 8 heteroatoms. The summed E-state index contributed by atoms with van der Waals surface area (Å²) in [5, 5.41) is 25.3. The molecule has 2 aromatic rings. The Kier molecular flexibility index (Phi) is 3.23. The van der Waals surface area contributed by atoms with Crippen molar-refractivity contribution in [1.82, 2.24) is 0 Å². The van der Waals surface area contributed by atoms with E-state index in [1.54, 1.807) is 0 Å². The number of phenolic OH excluding ortho intramolecular Hbond substituents is 1. The lowest BCUT2D eigenvalue weighted by Gasteiger charge is -2.17. The number of benzene rings is 2. The highest BCUT2D eigenvalue weighted by atomic mass is 19.2. The van der Waals surface area contributed by atoms with Crippen LogP contribution in [-0.4, -0.2) is 21.5 Å². The number of alkyl halides is 1. The number of hydrogen-bond donors (Lipinski definition) is 3. The van der Waals surface area contributed by atoms with Crippen molar-refractivity contribution >= 4 is 10.8 Å². The van der Waals surface area contributed by atoms with E-state index in [9.17, 15) is 22.7 Å². The molecule has 0 aliphatic heterocycles. The smallest absolute Gasteiger partial charge is 0.492 e. The monoisotopic (exact) mass is 292 g/mol. The average molecular weight is 292 g/mol. The average Bonchev–Trinajstić information content (AvgIpc) is 2.30. The first-order chi connectivity index (χ1) is 9.11. The third-order valence-electron chi connectivity index (χ3n) is 2.60. The molecule has 3 N–H and O–H groups in total. The van der Waals surface area contributed by atoms with Gasteiger partial charge in [-0.25, -0.2) is 8.78 Å². The van der Waals surface area contributed by atoms with Gasteiger partial charge < -0.3 is 20.1 Å². The van der Waals surface area contributed by atoms with Crippen LogP contribution >= 0.6 is 0 Å². The zero-order chi connectivity index (χ0) is 15.2. The van der Waals surface area contributed by atoms with Gasteiger partial charge in [0.25, 0.3) is 0 Å². The minimum absolute atomic E-state index is 0.0112. The summed E-state index contributed by atoms with van der Waals surface area (Å²) in [5.74, 6) is -7.20. The molecule has 0 heterocycles. The van der Waals surface area contributed by atoms with Crippen LogP contribution < -0.4 is 4.74 Å². The maximum absolute atomic E-state index is 13.6. The van der Waals surface area contributed by atoms with E-state index in [-0.39, 0.29) is 5.56 Å². The topological polar surface area (TPSA) is 69.9 Å². The Hall–Kier alpha value is -2.06. The molecule has 0 aliphatic carbocycles. The quantitative estimate of drug-likeness (QED) is 0.451. The highest BCUT2D eigenvalue weighted by molar-refractivity contribution is 5.93. The first-order valence-corrected chi connectivity index (χ1v) is 5.24. The van der Waals surface area contributed by atoms with Crippen LogP contribution in [0.4, 0.5) is 17.6 Å². The van der Waals surface area contributed by atoms with Crippen molar-refractivity contribution in [2.75, 3.05) is 0 Å². The molecule has 2 rings (SSSR count). The fourth-order valence-corrected chi connectivity index (χ4v) is 1.89. The predicted octanol–water partition coefficient (Wildman–Crippen LogP) is 2.22. The number of phenols is 1. The predicted molar refractivity (Wildman–Crippen MR) is 59.1 cm³/mol. The lowest BCUT2D eigenvalue weighted by Crippen LogP contribution is -2.30. The Morgan fingerprint density at radius 1 is 1.05 bits per heavy atom. The number of aromatic hydroxyl groups is 1. The van der Waals surface area contributed by atoms with Crippen LogP contribution in [0.25, 0.3) is 10.8 Å². The molecule has 0 aromatic heterocycles. The van der Waals surface area contributed by atoms with Gasteiger partial charge in [0.1, 0.15) is 5.75 Å². The normalized spacial score (nSPS) is 11.9. The van der Waals surface area contributed by atoms with Gasteiger partial charge in [0, 0.05) is 10.8 Å². The second-order valence-electron chi connectivity index (χ2n) is 4.09. The second-order valence-corrected chi connectivity index (χ2v) is 4.09. The van der Waals surface area contributed by atoms with Gasteiger partial charge in [-0.15, -0.1) is 4.39 Å². The van der Waals surface area contributed by atoms with E-state index in [4.69, 9.17) is 10.2 Å². The van der Waals surface area contributed by atoms with Gasteiger partial charge in [-0.1, -0.05) is 0 Å². The number of halogens is 4. The van der Waals surface area contributed by atoms with Gasteiger partial charge >= 0.3 is 6.23 Å². The van der Waals surface area contributed by atoms with E-state index in [0.717, 1.165) is 12.1 Å². The molecule has 0 saturated heterocycles. The maximum Gasteiger partial charge on any atom is 0.492 e. The number of fused-ring (bicyclic) bond motifs is 1. The summed E-state index contributed by atoms with van der Waals surface area (Å²) in [6.45, 7) is 1.28. The molecule has 0 amide bonds. The van der Waals surface area contributed by atoms with Crippen molar-refractivity contribution in [3.63, 3.8) is 0 Å². The van der Waals surface area contributed by atoms with Crippen LogP contribution in [0.2, 0.25) is 0 Å². The van der Waals surface area contributed by atoms with E-state index in [2.05, 4.69) is 4.74 Å². The highest BCUT2D eigenvalue weighted by Gasteiger charge is 2.31. The molecule has 0 fully saturated rings. The Balaban J connectivity index is 2.92. The van der Waals surface area contributed by atoms with E-state index >= 15 is 0 Å². The molecular weight excluding hydrogens is 284 g/mol. The van der Waals surface area contributed by atoms with Crippen molar-refractivity contribution in [2.24, 2.45) is 0 Å². The van der Waals surface area contributed by atoms with Crippen molar-refractivity contribution in [1.29, 1.82) is 0 Å². The summed E-state index contributed by atoms with van der Waals surface area (Å²) < 4.78 is 57.2. The van der Waals surface area contributed by atoms with E-state index in [1.165, 1.54) is 6.92 Å². The zero-order valence-corrected chi connectivity index (χ0v) is 9.92. The fourth-order valence-electron chi connectivity index (χ4n) is 1.89. The number of aryl methyl sites for hydroxylation is 1. The lowest BCUT2D eigenvalue weighted by atomic mass is 10.0. The molecule has 0 atom stereocenters. The molecule has 0 saturated carbocycles. The van der Waals surface area contributed by atoms with Crippen LogP contribution in [0.15, 0.2) is 12.1 Å². The Bertz CT molecular complexity index is 694. The van der Waals surface area contributed by atoms with Crippen molar-refractivity contribution in [3.8, 4) is 11.5 Å². The first-order valence-electron chi connectivity index (χ1n) is 5.24. The largest absolute Gasteiger partial charge is 0.508 e. The number of hydrogen-bond acceptors (Lipinski definition) is 4.